The van der Waals surface area contributed by atoms with Crippen molar-refractivity contribution in [1.29, 1.82) is 0 Å². The average Bonchev–Trinajstić information content (AvgIpc) is 2.79. The summed E-state index contributed by atoms with van der Waals surface area (Å²) < 4.78 is 14.0. The van der Waals surface area contributed by atoms with Crippen molar-refractivity contribution in [2.75, 3.05) is 54.5 Å². The van der Waals surface area contributed by atoms with E-state index in [1.807, 2.05) is 49.8 Å². The molecule has 1 aliphatic rings. The SMILES string of the molecule is CN(CCc1ccncc1)c1cc(N2CCN(c3ccccc3F)CC2)ncn1. The molecule has 4 rings (SSSR count). The van der Waals surface area contributed by atoms with Crippen molar-refractivity contribution in [3.8, 4) is 0 Å². The molecule has 1 fully saturated rings. The van der Waals surface area contributed by atoms with Gasteiger partial charge in [0.1, 0.15) is 23.8 Å². The van der Waals surface area contributed by atoms with Gasteiger partial charge in [0, 0.05) is 58.2 Å². The van der Waals surface area contributed by atoms with Gasteiger partial charge in [-0.25, -0.2) is 14.4 Å². The molecular formula is C22H25FN6. The average molecular weight is 392 g/mol. The Labute approximate surface area is 170 Å². The maximum atomic E-state index is 14.0. The second-order valence-corrected chi connectivity index (χ2v) is 7.19. The fourth-order valence-electron chi connectivity index (χ4n) is 3.56. The fraction of sp³-hybridized carbons (Fsp3) is 0.318. The Balaban J connectivity index is 1.37. The smallest absolute Gasteiger partial charge is 0.146 e. The molecule has 3 aromatic rings. The Bertz CT molecular complexity index is 927. The zero-order chi connectivity index (χ0) is 20.1. The highest BCUT2D eigenvalue weighted by Crippen LogP contribution is 2.23. The van der Waals surface area contributed by atoms with Crippen molar-refractivity contribution in [3.05, 3.63) is 72.6 Å². The highest BCUT2D eigenvalue weighted by molar-refractivity contribution is 5.53. The van der Waals surface area contributed by atoms with E-state index >= 15 is 0 Å². The molecule has 0 radical (unpaired) electrons. The lowest BCUT2D eigenvalue weighted by molar-refractivity contribution is 0.596. The lowest BCUT2D eigenvalue weighted by Crippen LogP contribution is -2.47. The van der Waals surface area contributed by atoms with Crippen molar-refractivity contribution < 1.29 is 4.39 Å². The van der Waals surface area contributed by atoms with Crippen molar-refractivity contribution in [3.63, 3.8) is 0 Å². The Morgan fingerprint density at radius 3 is 2.45 bits per heavy atom. The number of hydrogen-bond donors (Lipinski definition) is 0. The highest BCUT2D eigenvalue weighted by Gasteiger charge is 2.20. The van der Waals surface area contributed by atoms with Crippen molar-refractivity contribution in [2.24, 2.45) is 0 Å². The quantitative estimate of drug-likeness (QED) is 0.643. The molecule has 6 nitrogen and oxygen atoms in total. The van der Waals surface area contributed by atoms with Gasteiger partial charge in [0.25, 0.3) is 0 Å². The Kier molecular flexibility index (Phi) is 5.84. The van der Waals surface area contributed by atoms with Gasteiger partial charge in [-0.1, -0.05) is 12.1 Å². The largest absolute Gasteiger partial charge is 0.366 e. The van der Waals surface area contributed by atoms with Crippen LogP contribution in [0.3, 0.4) is 0 Å². The minimum atomic E-state index is -0.166. The summed E-state index contributed by atoms with van der Waals surface area (Å²) in [4.78, 5) is 19.4. The van der Waals surface area contributed by atoms with Crippen LogP contribution in [-0.2, 0) is 6.42 Å². The second kappa shape index (κ2) is 8.86. The number of pyridine rings is 1. The zero-order valence-corrected chi connectivity index (χ0v) is 16.6. The summed E-state index contributed by atoms with van der Waals surface area (Å²) in [5, 5.41) is 0. The summed E-state index contributed by atoms with van der Waals surface area (Å²) in [7, 11) is 2.05. The van der Waals surface area contributed by atoms with Gasteiger partial charge in [0.05, 0.1) is 5.69 Å². The van der Waals surface area contributed by atoms with E-state index in [1.165, 1.54) is 11.6 Å². The lowest BCUT2D eigenvalue weighted by Gasteiger charge is -2.37. The molecule has 2 aromatic heterocycles. The Morgan fingerprint density at radius 1 is 0.966 bits per heavy atom. The third kappa shape index (κ3) is 4.62. The zero-order valence-electron chi connectivity index (χ0n) is 16.6. The molecule has 150 valence electrons. The molecule has 0 saturated carbocycles. The Morgan fingerprint density at radius 2 is 1.69 bits per heavy atom. The third-order valence-corrected chi connectivity index (χ3v) is 5.31. The molecule has 0 atom stereocenters. The first-order valence-electron chi connectivity index (χ1n) is 9.87. The monoisotopic (exact) mass is 392 g/mol. The molecule has 1 saturated heterocycles. The predicted octanol–water partition coefficient (Wildman–Crippen LogP) is 3.02. The number of piperazine rings is 1. The summed E-state index contributed by atoms with van der Waals surface area (Å²) in [5.41, 5.74) is 1.93. The van der Waals surface area contributed by atoms with Crippen LogP contribution in [0.5, 0.6) is 0 Å². The van der Waals surface area contributed by atoms with Crippen LogP contribution in [-0.4, -0.2) is 54.7 Å². The van der Waals surface area contributed by atoms with Crippen LogP contribution in [0.15, 0.2) is 61.2 Å². The molecule has 0 unspecified atom stereocenters. The van der Waals surface area contributed by atoms with Crippen LogP contribution in [0.25, 0.3) is 0 Å². The van der Waals surface area contributed by atoms with E-state index < -0.39 is 0 Å². The van der Waals surface area contributed by atoms with E-state index in [2.05, 4.69) is 29.7 Å². The fourth-order valence-corrected chi connectivity index (χ4v) is 3.56. The number of nitrogens with zero attached hydrogens (tertiary/aromatic N) is 6. The van der Waals surface area contributed by atoms with E-state index in [9.17, 15) is 4.39 Å². The molecule has 0 aliphatic carbocycles. The minimum Gasteiger partial charge on any atom is -0.366 e. The van der Waals surface area contributed by atoms with E-state index in [0.29, 0.717) is 5.69 Å². The minimum absolute atomic E-state index is 0.166. The lowest BCUT2D eigenvalue weighted by atomic mass is 10.2. The molecule has 7 heteroatoms. The summed E-state index contributed by atoms with van der Waals surface area (Å²) in [5.74, 6) is 1.65. The van der Waals surface area contributed by atoms with Crippen LogP contribution in [0.4, 0.5) is 21.7 Å². The summed E-state index contributed by atoms with van der Waals surface area (Å²) in [6.45, 7) is 3.98. The molecule has 1 aromatic carbocycles. The first kappa shape index (κ1) is 19.1. The van der Waals surface area contributed by atoms with Crippen LogP contribution in [0.2, 0.25) is 0 Å². The normalized spacial score (nSPS) is 14.1. The molecular weight excluding hydrogens is 367 g/mol. The number of benzene rings is 1. The molecule has 29 heavy (non-hydrogen) atoms. The molecule has 0 N–H and O–H groups in total. The number of halogens is 1. The van der Waals surface area contributed by atoms with Gasteiger partial charge in [-0.3, -0.25) is 4.98 Å². The standard InChI is InChI=1S/C22H25FN6/c1-27(11-8-18-6-9-24-10-7-18)21-16-22(26-17-25-21)29-14-12-28(13-15-29)20-5-3-2-4-19(20)23/h2-7,9-10,16-17H,8,11-15H2,1H3. The van der Waals surface area contributed by atoms with E-state index in [1.54, 1.807) is 12.4 Å². The number of anilines is 3. The van der Waals surface area contributed by atoms with Crippen LogP contribution < -0.4 is 14.7 Å². The predicted molar refractivity (Wildman–Crippen MR) is 114 cm³/mol. The van der Waals surface area contributed by atoms with Crippen molar-refractivity contribution >= 4 is 17.3 Å². The first-order valence-corrected chi connectivity index (χ1v) is 9.87. The van der Waals surface area contributed by atoms with Gasteiger partial charge in [0.15, 0.2) is 0 Å². The van der Waals surface area contributed by atoms with Gasteiger partial charge >= 0.3 is 0 Å². The van der Waals surface area contributed by atoms with Gasteiger partial charge in [-0.2, -0.15) is 0 Å². The summed E-state index contributed by atoms with van der Waals surface area (Å²) in [6.07, 6.45) is 6.19. The molecule has 0 spiro atoms. The van der Waals surface area contributed by atoms with E-state index in [4.69, 9.17) is 0 Å². The maximum Gasteiger partial charge on any atom is 0.146 e. The molecule has 0 amide bonds. The van der Waals surface area contributed by atoms with Gasteiger partial charge < -0.3 is 14.7 Å². The van der Waals surface area contributed by atoms with E-state index in [0.717, 1.165) is 50.8 Å². The van der Waals surface area contributed by atoms with Crippen LogP contribution in [0.1, 0.15) is 5.56 Å². The van der Waals surface area contributed by atoms with Gasteiger partial charge in [-0.05, 0) is 36.2 Å². The Hall–Kier alpha value is -3.22. The van der Waals surface area contributed by atoms with Crippen LogP contribution >= 0.6 is 0 Å². The molecule has 1 aliphatic heterocycles. The second-order valence-electron chi connectivity index (χ2n) is 7.19. The summed E-state index contributed by atoms with van der Waals surface area (Å²) >= 11 is 0. The number of hydrogen-bond acceptors (Lipinski definition) is 6. The van der Waals surface area contributed by atoms with Crippen molar-refractivity contribution in [2.45, 2.75) is 6.42 Å². The molecule has 0 bridgehead atoms. The topological polar surface area (TPSA) is 48.4 Å². The van der Waals surface area contributed by atoms with Crippen LogP contribution in [0, 0.1) is 5.82 Å². The number of para-hydroxylation sites is 1. The number of rotatable bonds is 6. The highest BCUT2D eigenvalue weighted by atomic mass is 19.1. The van der Waals surface area contributed by atoms with E-state index in [-0.39, 0.29) is 5.82 Å². The van der Waals surface area contributed by atoms with Gasteiger partial charge in [-0.15, -0.1) is 0 Å². The van der Waals surface area contributed by atoms with Crippen molar-refractivity contribution in [1.82, 2.24) is 15.0 Å². The summed E-state index contributed by atoms with van der Waals surface area (Å²) in [6, 6.07) is 13.1. The van der Waals surface area contributed by atoms with Gasteiger partial charge in [0.2, 0.25) is 0 Å². The number of aromatic nitrogens is 3. The third-order valence-electron chi connectivity index (χ3n) is 5.31. The molecule has 3 heterocycles. The maximum absolute atomic E-state index is 14.0. The first-order chi connectivity index (χ1) is 14.2. The number of likely N-dealkylation sites (N-methyl/N-ethyl adjacent to an activating group) is 1.